The molecule has 0 aliphatic carbocycles. The van der Waals surface area contributed by atoms with Gasteiger partial charge in [-0.25, -0.2) is 4.98 Å². The summed E-state index contributed by atoms with van der Waals surface area (Å²) in [4.78, 5) is 4.65. The van der Waals surface area contributed by atoms with Crippen molar-refractivity contribution in [1.82, 2.24) is 9.55 Å². The maximum Gasteiger partial charge on any atom is 0.227 e. The van der Waals surface area contributed by atoms with Crippen molar-refractivity contribution in [3.05, 3.63) is 96.1 Å². The van der Waals surface area contributed by atoms with Crippen LogP contribution in [0.4, 0.5) is 0 Å². The molecule has 3 heteroatoms. The summed E-state index contributed by atoms with van der Waals surface area (Å²) in [5.74, 6) is 1.64. The van der Waals surface area contributed by atoms with E-state index < -0.39 is 0 Å². The molecule has 0 fully saturated rings. The highest BCUT2D eigenvalue weighted by atomic mass is 16.3. The van der Waals surface area contributed by atoms with Crippen LogP contribution in [0.5, 0.6) is 0 Å². The molecule has 0 saturated heterocycles. The van der Waals surface area contributed by atoms with Crippen molar-refractivity contribution >= 4 is 32.9 Å². The Morgan fingerprint density at radius 1 is 0.676 bits per heavy atom. The van der Waals surface area contributed by atoms with E-state index in [1.807, 2.05) is 24.3 Å². The van der Waals surface area contributed by atoms with Crippen LogP contribution in [0.25, 0.3) is 50.0 Å². The molecule has 0 unspecified atom stereocenters. The van der Waals surface area contributed by atoms with E-state index in [0.29, 0.717) is 17.7 Å². The lowest BCUT2D eigenvalue weighted by Crippen LogP contribution is -1.95. The van der Waals surface area contributed by atoms with Crippen LogP contribution in [0.1, 0.15) is 50.7 Å². The minimum Gasteiger partial charge on any atom is -0.436 e. The highest BCUT2D eigenvalue weighted by molar-refractivity contribution is 6.09. The Morgan fingerprint density at radius 3 is 1.82 bits per heavy atom. The van der Waals surface area contributed by atoms with Gasteiger partial charge in [-0.1, -0.05) is 52.0 Å². The van der Waals surface area contributed by atoms with E-state index in [1.54, 1.807) is 0 Å². The van der Waals surface area contributed by atoms with Crippen LogP contribution in [-0.2, 0) is 0 Å². The van der Waals surface area contributed by atoms with Crippen molar-refractivity contribution in [2.24, 2.45) is 0 Å². The summed E-state index contributed by atoms with van der Waals surface area (Å²) in [5, 5.41) is 2.62. The second-order valence-corrected chi connectivity index (χ2v) is 9.73. The van der Waals surface area contributed by atoms with Gasteiger partial charge in [0.25, 0.3) is 0 Å². The summed E-state index contributed by atoms with van der Waals surface area (Å²) in [6.07, 6.45) is 0. The van der Waals surface area contributed by atoms with Crippen molar-refractivity contribution in [2.45, 2.75) is 39.5 Å². The maximum absolute atomic E-state index is 5.98. The van der Waals surface area contributed by atoms with Crippen LogP contribution in [0.3, 0.4) is 0 Å². The quantitative estimate of drug-likeness (QED) is 0.272. The third kappa shape index (κ3) is 3.31. The summed E-state index contributed by atoms with van der Waals surface area (Å²) >= 11 is 0. The number of nitrogens with zero attached hydrogens (tertiary/aromatic N) is 2. The molecule has 34 heavy (non-hydrogen) atoms. The van der Waals surface area contributed by atoms with Gasteiger partial charge >= 0.3 is 0 Å². The lowest BCUT2D eigenvalue weighted by Gasteiger charge is -2.10. The number of hydrogen-bond donors (Lipinski definition) is 0. The first-order chi connectivity index (χ1) is 16.5. The summed E-state index contributed by atoms with van der Waals surface area (Å²) in [5.41, 5.74) is 9.00. The number of rotatable bonds is 4. The summed E-state index contributed by atoms with van der Waals surface area (Å²) < 4.78 is 8.35. The number of fused-ring (bicyclic) bond motifs is 4. The zero-order valence-corrected chi connectivity index (χ0v) is 20.0. The number of para-hydroxylation sites is 2. The highest BCUT2D eigenvalue weighted by Gasteiger charge is 2.16. The molecule has 0 saturated carbocycles. The Balaban J connectivity index is 1.52. The summed E-state index contributed by atoms with van der Waals surface area (Å²) in [7, 11) is 0. The highest BCUT2D eigenvalue weighted by Crippen LogP contribution is 2.36. The molecule has 0 atom stereocenters. The Kier molecular flexibility index (Phi) is 4.80. The van der Waals surface area contributed by atoms with E-state index in [9.17, 15) is 0 Å². The van der Waals surface area contributed by atoms with Crippen molar-refractivity contribution in [2.75, 3.05) is 0 Å². The summed E-state index contributed by atoms with van der Waals surface area (Å²) in [6, 6.07) is 30.2. The molecule has 0 amide bonds. The van der Waals surface area contributed by atoms with Crippen LogP contribution in [0, 0.1) is 0 Å². The molecule has 2 aromatic heterocycles. The first-order valence-corrected chi connectivity index (χ1v) is 12.0. The molecule has 2 heterocycles. The summed E-state index contributed by atoms with van der Waals surface area (Å²) in [6.45, 7) is 9.02. The molecular weight excluding hydrogens is 416 g/mol. The van der Waals surface area contributed by atoms with Gasteiger partial charge in [-0.05, 0) is 83.6 Å². The van der Waals surface area contributed by atoms with E-state index in [1.165, 1.54) is 32.9 Å². The SMILES string of the molecule is CC(C)c1ccc2c(c1)c1cc(C(C)C)ccc1n2-c1ccc(-c2nc3ccccc3o2)cc1. The minimum atomic E-state index is 0.492. The lowest BCUT2D eigenvalue weighted by molar-refractivity contribution is 0.620. The van der Waals surface area contributed by atoms with Gasteiger partial charge in [-0.2, -0.15) is 0 Å². The molecule has 0 spiro atoms. The van der Waals surface area contributed by atoms with Gasteiger partial charge in [0.05, 0.1) is 11.0 Å². The predicted molar refractivity (Wildman–Crippen MR) is 142 cm³/mol. The Labute approximate surface area is 199 Å². The third-order valence-corrected chi connectivity index (χ3v) is 6.81. The smallest absolute Gasteiger partial charge is 0.227 e. The zero-order valence-electron chi connectivity index (χ0n) is 20.0. The monoisotopic (exact) mass is 444 g/mol. The van der Waals surface area contributed by atoms with E-state index in [0.717, 1.165) is 22.4 Å². The fraction of sp³-hybridized carbons (Fsp3) is 0.194. The Morgan fingerprint density at radius 2 is 1.26 bits per heavy atom. The average Bonchev–Trinajstić information content (AvgIpc) is 3.42. The fourth-order valence-electron chi connectivity index (χ4n) is 4.80. The third-order valence-electron chi connectivity index (χ3n) is 6.81. The second kappa shape index (κ2) is 7.88. The average molecular weight is 445 g/mol. The van der Waals surface area contributed by atoms with E-state index in [-0.39, 0.29) is 0 Å². The number of benzene rings is 4. The molecule has 6 rings (SSSR count). The largest absolute Gasteiger partial charge is 0.436 e. The molecule has 0 aliphatic heterocycles. The van der Waals surface area contributed by atoms with Gasteiger partial charge in [0.2, 0.25) is 5.89 Å². The molecule has 6 aromatic rings. The van der Waals surface area contributed by atoms with Crippen LogP contribution in [0.15, 0.2) is 89.3 Å². The van der Waals surface area contributed by atoms with Crippen LogP contribution in [0.2, 0.25) is 0 Å². The van der Waals surface area contributed by atoms with E-state index in [2.05, 4.69) is 97.9 Å². The molecule has 0 radical (unpaired) electrons. The van der Waals surface area contributed by atoms with Crippen molar-refractivity contribution < 1.29 is 4.42 Å². The predicted octanol–water partition coefficient (Wildman–Crippen LogP) is 8.84. The normalized spacial score (nSPS) is 12.1. The molecule has 0 N–H and O–H groups in total. The van der Waals surface area contributed by atoms with Crippen LogP contribution >= 0.6 is 0 Å². The fourth-order valence-corrected chi connectivity index (χ4v) is 4.80. The topological polar surface area (TPSA) is 31.0 Å². The van der Waals surface area contributed by atoms with E-state index in [4.69, 9.17) is 4.42 Å². The van der Waals surface area contributed by atoms with Gasteiger partial charge in [0.1, 0.15) is 5.52 Å². The Bertz CT molecular complexity index is 1550. The molecule has 3 nitrogen and oxygen atoms in total. The first kappa shape index (κ1) is 20.7. The number of oxazole rings is 1. The molecular formula is C31H28N2O. The van der Waals surface area contributed by atoms with Crippen LogP contribution in [-0.4, -0.2) is 9.55 Å². The minimum absolute atomic E-state index is 0.492. The van der Waals surface area contributed by atoms with Crippen LogP contribution < -0.4 is 0 Å². The van der Waals surface area contributed by atoms with Gasteiger partial charge in [0, 0.05) is 22.0 Å². The van der Waals surface area contributed by atoms with Gasteiger partial charge in [0.15, 0.2) is 5.58 Å². The van der Waals surface area contributed by atoms with Gasteiger partial charge < -0.3 is 8.98 Å². The standard InChI is InChI=1S/C31H28N2O/c1-19(2)22-11-15-28-25(17-22)26-18-23(20(3)4)12-16-29(26)33(28)24-13-9-21(10-14-24)31-32-27-7-5-6-8-30(27)34-31/h5-20H,1-4H3. The maximum atomic E-state index is 5.98. The van der Waals surface area contributed by atoms with E-state index >= 15 is 0 Å². The van der Waals surface area contributed by atoms with Crippen molar-refractivity contribution in [3.8, 4) is 17.1 Å². The van der Waals surface area contributed by atoms with Gasteiger partial charge in [-0.15, -0.1) is 0 Å². The lowest BCUT2D eigenvalue weighted by atomic mass is 9.98. The number of hydrogen-bond acceptors (Lipinski definition) is 2. The zero-order chi connectivity index (χ0) is 23.4. The molecule has 0 aliphatic rings. The molecule has 168 valence electrons. The van der Waals surface area contributed by atoms with Gasteiger partial charge in [-0.3, -0.25) is 0 Å². The second-order valence-electron chi connectivity index (χ2n) is 9.73. The first-order valence-electron chi connectivity index (χ1n) is 12.0. The Hall–Kier alpha value is -3.85. The van der Waals surface area contributed by atoms with Crippen molar-refractivity contribution in [3.63, 3.8) is 0 Å². The molecule has 0 bridgehead atoms. The number of aromatic nitrogens is 2. The van der Waals surface area contributed by atoms with Crippen molar-refractivity contribution in [1.29, 1.82) is 0 Å². The molecule has 4 aromatic carbocycles.